The molecule has 2 aliphatic heterocycles. The van der Waals surface area contributed by atoms with E-state index in [1.165, 1.54) is 12.1 Å². The number of ether oxygens (including phenoxy) is 2. The van der Waals surface area contributed by atoms with Gasteiger partial charge in [0.25, 0.3) is 15.2 Å². The zero-order valence-electron chi connectivity index (χ0n) is 21.8. The summed E-state index contributed by atoms with van der Waals surface area (Å²) in [4.78, 5) is 18.6. The summed E-state index contributed by atoms with van der Waals surface area (Å²) in [7, 11) is -4.96. The Hall–Kier alpha value is -3.64. The van der Waals surface area contributed by atoms with Crippen LogP contribution in [0.15, 0.2) is 47.6 Å². The first-order chi connectivity index (χ1) is 20.2. The van der Waals surface area contributed by atoms with Crippen LogP contribution in [0.25, 0.3) is 0 Å². The quantitative estimate of drug-likeness (QED) is 0.273. The van der Waals surface area contributed by atoms with Crippen LogP contribution >= 0.6 is 11.5 Å². The van der Waals surface area contributed by atoms with Crippen molar-refractivity contribution >= 4 is 32.7 Å². The number of piperidine rings is 1. The largest absolute Gasteiger partial charge is 0.493 e. The van der Waals surface area contributed by atoms with Gasteiger partial charge in [-0.1, -0.05) is 10.5 Å². The number of alkyl halides is 6. The molecule has 1 aromatic heterocycles. The summed E-state index contributed by atoms with van der Waals surface area (Å²) in [6.45, 7) is 1.29. The maximum Gasteiger partial charge on any atom is 0.493 e. The van der Waals surface area contributed by atoms with Gasteiger partial charge in [0.1, 0.15) is 23.9 Å². The van der Waals surface area contributed by atoms with Gasteiger partial charge >= 0.3 is 18.3 Å². The standard InChI is InChI=1S/C25H22F6N4O6S2/c26-24(27,28)15-1-4-19(18(11-15)14-5-8-32-9-6-14)40-20-7-10-39-21-12-16(2-3-17(20)21)43(37,38)35(23-33-13-34-42-23)41-22(36)25(29,30)31/h1-4,11-14,20,32H,5-10H2. The molecule has 0 bridgehead atoms. The number of anilines is 1. The molecule has 232 valence electrons. The molecule has 18 heteroatoms. The normalized spacial score (nSPS) is 18.0. The van der Waals surface area contributed by atoms with E-state index in [-0.39, 0.29) is 34.9 Å². The third-order valence-corrected chi connectivity index (χ3v) is 9.06. The number of halogens is 6. The van der Waals surface area contributed by atoms with Crippen LogP contribution in [0.3, 0.4) is 0 Å². The van der Waals surface area contributed by atoms with Crippen molar-refractivity contribution in [1.82, 2.24) is 14.7 Å². The second-order valence-corrected chi connectivity index (χ2v) is 12.1. The highest BCUT2D eigenvalue weighted by Gasteiger charge is 2.46. The number of rotatable bonds is 7. The summed E-state index contributed by atoms with van der Waals surface area (Å²) >= 11 is 0.366. The fourth-order valence-corrected chi connectivity index (χ4v) is 6.61. The Morgan fingerprint density at radius 3 is 2.42 bits per heavy atom. The molecule has 0 saturated carbocycles. The number of carbonyl (C=O) groups excluding carboxylic acids is 1. The molecule has 1 saturated heterocycles. The number of benzene rings is 2. The number of aromatic nitrogens is 2. The fourth-order valence-electron chi connectivity index (χ4n) is 4.72. The molecule has 1 unspecified atom stereocenters. The first-order valence-electron chi connectivity index (χ1n) is 12.7. The zero-order valence-corrected chi connectivity index (χ0v) is 23.4. The Morgan fingerprint density at radius 2 is 1.77 bits per heavy atom. The highest BCUT2D eigenvalue weighted by Crippen LogP contribution is 2.43. The lowest BCUT2D eigenvalue weighted by Crippen LogP contribution is -2.38. The van der Waals surface area contributed by atoms with Gasteiger partial charge in [-0.2, -0.15) is 39.1 Å². The SMILES string of the molecule is O=C(ON(c1ncns1)S(=O)(=O)c1ccc2c(c1)OCCC2Oc1ccc(C(F)(F)F)cc1C1CCNCC1)C(F)(F)F. The van der Waals surface area contributed by atoms with Crippen LogP contribution in [0.4, 0.5) is 31.5 Å². The number of nitrogens with zero attached hydrogens (tertiary/aromatic N) is 3. The number of carbonyl (C=O) groups is 1. The molecule has 0 radical (unpaired) electrons. The van der Waals surface area contributed by atoms with Gasteiger partial charge in [0.05, 0.1) is 17.1 Å². The van der Waals surface area contributed by atoms with Gasteiger partial charge in [-0.25, -0.2) is 9.78 Å². The molecule has 0 amide bonds. The van der Waals surface area contributed by atoms with E-state index in [4.69, 9.17) is 9.47 Å². The van der Waals surface area contributed by atoms with Crippen LogP contribution < -0.4 is 19.3 Å². The lowest BCUT2D eigenvalue weighted by molar-refractivity contribution is -0.199. The van der Waals surface area contributed by atoms with Crippen molar-refractivity contribution in [1.29, 1.82) is 0 Å². The number of hydrogen-bond acceptors (Lipinski definition) is 10. The highest BCUT2D eigenvalue weighted by molar-refractivity contribution is 7.92. The monoisotopic (exact) mass is 652 g/mol. The third-order valence-electron chi connectivity index (χ3n) is 6.77. The molecule has 43 heavy (non-hydrogen) atoms. The fraction of sp³-hybridized carbons (Fsp3) is 0.400. The van der Waals surface area contributed by atoms with Gasteiger partial charge in [0.2, 0.25) is 0 Å². The lowest BCUT2D eigenvalue weighted by atomic mass is 9.88. The summed E-state index contributed by atoms with van der Waals surface area (Å²) in [6, 6.07) is 6.67. The summed E-state index contributed by atoms with van der Waals surface area (Å²) in [5, 5.41) is 2.51. The van der Waals surface area contributed by atoms with Gasteiger partial charge in [0.15, 0.2) is 0 Å². The second kappa shape index (κ2) is 11.8. The molecule has 3 heterocycles. The van der Waals surface area contributed by atoms with Crippen molar-refractivity contribution in [2.24, 2.45) is 0 Å². The first kappa shape index (κ1) is 30.8. The van der Waals surface area contributed by atoms with E-state index in [9.17, 15) is 39.6 Å². The topological polar surface area (TPSA) is 120 Å². The van der Waals surface area contributed by atoms with E-state index < -0.39 is 50.0 Å². The molecule has 0 aliphatic carbocycles. The smallest absolute Gasteiger partial charge is 0.493 e. The van der Waals surface area contributed by atoms with Crippen molar-refractivity contribution in [2.75, 3.05) is 24.2 Å². The number of sulfonamides is 1. The van der Waals surface area contributed by atoms with E-state index in [0.717, 1.165) is 30.6 Å². The first-order valence-corrected chi connectivity index (χ1v) is 14.9. The predicted octanol–water partition coefficient (Wildman–Crippen LogP) is 5.14. The van der Waals surface area contributed by atoms with Crippen LogP contribution in [-0.2, 0) is 25.8 Å². The maximum absolute atomic E-state index is 13.5. The minimum atomic E-state index is -5.51. The molecular formula is C25H22F6N4O6S2. The Balaban J connectivity index is 1.46. The van der Waals surface area contributed by atoms with Crippen molar-refractivity contribution < 1.29 is 53.9 Å². The van der Waals surface area contributed by atoms with Gasteiger partial charge in [-0.15, -0.1) is 0 Å². The summed E-state index contributed by atoms with van der Waals surface area (Å²) in [6.07, 6.45) is -8.47. The summed E-state index contributed by atoms with van der Waals surface area (Å²) in [5.41, 5.74) is -0.0410. The van der Waals surface area contributed by atoms with E-state index in [0.29, 0.717) is 48.6 Å². The van der Waals surface area contributed by atoms with Crippen molar-refractivity contribution in [3.05, 3.63) is 59.4 Å². The molecule has 1 N–H and O–H groups in total. The molecule has 2 aromatic carbocycles. The molecule has 10 nitrogen and oxygen atoms in total. The van der Waals surface area contributed by atoms with Gasteiger partial charge < -0.3 is 19.6 Å². The Morgan fingerprint density at radius 1 is 1.02 bits per heavy atom. The van der Waals surface area contributed by atoms with Crippen LogP contribution in [0.5, 0.6) is 11.5 Å². The van der Waals surface area contributed by atoms with Crippen LogP contribution in [0.1, 0.15) is 48.0 Å². The average molecular weight is 653 g/mol. The summed E-state index contributed by atoms with van der Waals surface area (Å²) < 4.78 is 121. The van der Waals surface area contributed by atoms with E-state index in [1.807, 2.05) is 0 Å². The van der Waals surface area contributed by atoms with E-state index >= 15 is 0 Å². The number of nitrogens with one attached hydrogen (secondary N) is 1. The Kier molecular flexibility index (Phi) is 8.45. The molecule has 1 fully saturated rings. The van der Waals surface area contributed by atoms with E-state index in [2.05, 4.69) is 19.5 Å². The van der Waals surface area contributed by atoms with E-state index in [1.54, 1.807) is 0 Å². The summed E-state index contributed by atoms with van der Waals surface area (Å²) in [5.74, 6) is -2.73. The molecular weight excluding hydrogens is 630 g/mol. The minimum absolute atomic E-state index is 0.00650. The van der Waals surface area contributed by atoms with Gasteiger partial charge in [0, 0.05) is 29.6 Å². The van der Waals surface area contributed by atoms with Gasteiger partial charge in [-0.05, 0) is 61.7 Å². The molecule has 2 aliphatic rings. The second-order valence-electron chi connectivity index (χ2n) is 9.55. The molecule has 3 aromatic rings. The molecule has 5 rings (SSSR count). The Bertz CT molecular complexity index is 1580. The molecule has 0 spiro atoms. The lowest BCUT2D eigenvalue weighted by Gasteiger charge is -2.30. The minimum Gasteiger partial charge on any atom is -0.493 e. The Labute approximate surface area is 244 Å². The van der Waals surface area contributed by atoms with Crippen LogP contribution in [0, 0.1) is 0 Å². The van der Waals surface area contributed by atoms with Crippen LogP contribution in [0.2, 0.25) is 0 Å². The average Bonchev–Trinajstić information content (AvgIpc) is 3.49. The third kappa shape index (κ3) is 6.65. The van der Waals surface area contributed by atoms with Crippen molar-refractivity contribution in [3.63, 3.8) is 0 Å². The predicted molar refractivity (Wildman–Crippen MR) is 138 cm³/mol. The number of hydrogen-bond donors (Lipinski definition) is 1. The van der Waals surface area contributed by atoms with Crippen molar-refractivity contribution in [3.8, 4) is 11.5 Å². The van der Waals surface area contributed by atoms with Crippen molar-refractivity contribution in [2.45, 2.75) is 48.5 Å². The van der Waals surface area contributed by atoms with Gasteiger partial charge in [-0.3, -0.25) is 0 Å². The highest BCUT2D eigenvalue weighted by atomic mass is 32.2. The molecule has 1 atom stereocenters. The zero-order chi connectivity index (χ0) is 31.0. The van der Waals surface area contributed by atoms with Crippen LogP contribution in [-0.4, -0.2) is 49.6 Å². The maximum atomic E-state index is 13.5. The number of fused-ring (bicyclic) bond motifs is 1.